The van der Waals surface area contributed by atoms with Crippen LogP contribution in [0.15, 0.2) is 28.0 Å². The SMILES string of the molecule is CC(C)CC(C)NS(=O)(=O)c1cc(S(C)(=O)=O)ccc1N. The quantitative estimate of drug-likeness (QED) is 0.765. The van der Waals surface area contributed by atoms with Gasteiger partial charge >= 0.3 is 0 Å². The van der Waals surface area contributed by atoms with Crippen LogP contribution in [-0.2, 0) is 19.9 Å². The fraction of sp³-hybridized carbons (Fsp3) is 0.538. The lowest BCUT2D eigenvalue weighted by atomic mass is 10.1. The minimum Gasteiger partial charge on any atom is -0.398 e. The summed E-state index contributed by atoms with van der Waals surface area (Å²) in [6.45, 7) is 5.74. The third-order valence-corrected chi connectivity index (χ3v) is 5.64. The van der Waals surface area contributed by atoms with Crippen molar-refractivity contribution in [1.82, 2.24) is 4.72 Å². The number of hydrogen-bond donors (Lipinski definition) is 2. The number of nitrogens with two attached hydrogens (primary N) is 1. The Balaban J connectivity index is 3.19. The topological polar surface area (TPSA) is 106 Å². The van der Waals surface area contributed by atoms with E-state index in [1.54, 1.807) is 6.92 Å². The third-order valence-electron chi connectivity index (χ3n) is 2.88. The molecule has 0 aliphatic carbocycles. The molecule has 8 heteroatoms. The zero-order valence-electron chi connectivity index (χ0n) is 12.6. The first-order valence-corrected chi connectivity index (χ1v) is 9.93. The molecule has 6 nitrogen and oxygen atoms in total. The molecule has 0 saturated carbocycles. The Hall–Kier alpha value is -1.12. The Morgan fingerprint density at radius 1 is 1.14 bits per heavy atom. The summed E-state index contributed by atoms with van der Waals surface area (Å²) in [7, 11) is -7.36. The molecule has 0 spiro atoms. The van der Waals surface area contributed by atoms with Gasteiger partial charge in [0.2, 0.25) is 10.0 Å². The van der Waals surface area contributed by atoms with Crippen LogP contribution >= 0.6 is 0 Å². The Morgan fingerprint density at radius 3 is 2.19 bits per heavy atom. The highest BCUT2D eigenvalue weighted by Gasteiger charge is 2.22. The summed E-state index contributed by atoms with van der Waals surface area (Å²) in [5.41, 5.74) is 5.70. The van der Waals surface area contributed by atoms with Gasteiger partial charge in [0.15, 0.2) is 9.84 Å². The van der Waals surface area contributed by atoms with Crippen molar-refractivity contribution in [2.24, 2.45) is 5.92 Å². The van der Waals surface area contributed by atoms with Gasteiger partial charge in [-0.25, -0.2) is 21.6 Å². The van der Waals surface area contributed by atoms with Crippen LogP contribution in [-0.4, -0.2) is 29.1 Å². The monoisotopic (exact) mass is 334 g/mol. The molecule has 0 amide bonds. The van der Waals surface area contributed by atoms with Crippen LogP contribution in [0.1, 0.15) is 27.2 Å². The summed E-state index contributed by atoms with van der Waals surface area (Å²) >= 11 is 0. The number of benzene rings is 1. The van der Waals surface area contributed by atoms with Crippen LogP contribution in [0.3, 0.4) is 0 Å². The molecule has 0 fully saturated rings. The molecular formula is C13H22N2O4S2. The molecule has 1 rings (SSSR count). The van der Waals surface area contributed by atoms with E-state index in [4.69, 9.17) is 5.73 Å². The number of hydrogen-bond acceptors (Lipinski definition) is 5. The zero-order chi connectivity index (χ0) is 16.4. The van der Waals surface area contributed by atoms with E-state index in [1.807, 2.05) is 13.8 Å². The van der Waals surface area contributed by atoms with Gasteiger partial charge in [-0.05, 0) is 37.5 Å². The maximum atomic E-state index is 12.3. The highest BCUT2D eigenvalue weighted by molar-refractivity contribution is 7.91. The number of anilines is 1. The van der Waals surface area contributed by atoms with Crippen molar-refractivity contribution in [3.8, 4) is 0 Å². The maximum absolute atomic E-state index is 12.3. The predicted molar refractivity (Wildman–Crippen MR) is 83.2 cm³/mol. The lowest BCUT2D eigenvalue weighted by Gasteiger charge is -2.17. The van der Waals surface area contributed by atoms with Crippen molar-refractivity contribution in [2.45, 2.75) is 43.0 Å². The fourth-order valence-electron chi connectivity index (χ4n) is 2.06. The van der Waals surface area contributed by atoms with Gasteiger partial charge in [-0.3, -0.25) is 0 Å². The third kappa shape index (κ3) is 4.98. The van der Waals surface area contributed by atoms with Crippen LogP contribution in [0.25, 0.3) is 0 Å². The molecule has 0 aliphatic heterocycles. The van der Waals surface area contributed by atoms with Gasteiger partial charge in [0, 0.05) is 12.3 Å². The average molecular weight is 334 g/mol. The van der Waals surface area contributed by atoms with E-state index < -0.39 is 19.9 Å². The molecule has 1 atom stereocenters. The first-order chi connectivity index (χ1) is 9.43. The Labute approximate surface area is 126 Å². The number of nitrogen functional groups attached to an aromatic ring is 1. The minimum atomic E-state index is -3.86. The van der Waals surface area contributed by atoms with Gasteiger partial charge in [0.05, 0.1) is 10.6 Å². The summed E-state index contributed by atoms with van der Waals surface area (Å²) in [5, 5.41) is 0. The summed E-state index contributed by atoms with van der Waals surface area (Å²) in [5.74, 6) is 0.336. The molecule has 120 valence electrons. The molecule has 1 unspecified atom stereocenters. The second-order valence-electron chi connectivity index (χ2n) is 5.62. The van der Waals surface area contributed by atoms with Crippen molar-refractivity contribution in [3.63, 3.8) is 0 Å². The van der Waals surface area contributed by atoms with Crippen LogP contribution in [0, 0.1) is 5.92 Å². The highest BCUT2D eigenvalue weighted by Crippen LogP contribution is 2.23. The molecule has 0 aliphatic rings. The molecule has 0 heterocycles. The second-order valence-corrected chi connectivity index (χ2v) is 9.32. The van der Waals surface area contributed by atoms with Crippen molar-refractivity contribution >= 4 is 25.5 Å². The summed E-state index contributed by atoms with van der Waals surface area (Å²) in [6, 6.07) is 3.41. The van der Waals surface area contributed by atoms with Gasteiger partial charge in [-0.2, -0.15) is 0 Å². The lowest BCUT2D eigenvalue weighted by molar-refractivity contribution is 0.482. The van der Waals surface area contributed by atoms with E-state index in [0.29, 0.717) is 12.3 Å². The van der Waals surface area contributed by atoms with Gasteiger partial charge in [0.1, 0.15) is 4.90 Å². The van der Waals surface area contributed by atoms with E-state index >= 15 is 0 Å². The smallest absolute Gasteiger partial charge is 0.242 e. The molecule has 0 saturated heterocycles. The minimum absolute atomic E-state index is 0.0200. The molecular weight excluding hydrogens is 312 g/mol. The largest absolute Gasteiger partial charge is 0.398 e. The van der Waals surface area contributed by atoms with Crippen molar-refractivity contribution in [3.05, 3.63) is 18.2 Å². The number of nitrogens with one attached hydrogen (secondary N) is 1. The van der Waals surface area contributed by atoms with Crippen LogP contribution < -0.4 is 10.5 Å². The molecule has 1 aromatic rings. The normalized spacial score (nSPS) is 14.3. The highest BCUT2D eigenvalue weighted by atomic mass is 32.2. The van der Waals surface area contributed by atoms with Crippen LogP contribution in [0.2, 0.25) is 0 Å². The van der Waals surface area contributed by atoms with Gasteiger partial charge < -0.3 is 5.73 Å². The Kier molecular flexibility index (Phi) is 5.40. The van der Waals surface area contributed by atoms with Gasteiger partial charge in [-0.15, -0.1) is 0 Å². The van der Waals surface area contributed by atoms with Crippen molar-refractivity contribution in [2.75, 3.05) is 12.0 Å². The van der Waals surface area contributed by atoms with Crippen LogP contribution in [0.5, 0.6) is 0 Å². The first kappa shape index (κ1) is 17.9. The molecule has 0 bridgehead atoms. The molecule has 0 aromatic heterocycles. The molecule has 3 N–H and O–H groups in total. The second kappa shape index (κ2) is 6.33. The molecule has 0 radical (unpaired) electrons. The lowest BCUT2D eigenvalue weighted by Crippen LogP contribution is -2.34. The van der Waals surface area contributed by atoms with Crippen molar-refractivity contribution in [1.29, 1.82) is 0 Å². The Bertz CT molecular complexity index is 710. The fourth-order valence-corrected chi connectivity index (χ4v) is 4.20. The van der Waals surface area contributed by atoms with Gasteiger partial charge in [0.25, 0.3) is 0 Å². The number of sulfone groups is 1. The Morgan fingerprint density at radius 2 is 1.71 bits per heavy atom. The standard InChI is InChI=1S/C13H22N2O4S2/c1-9(2)7-10(3)15-21(18,19)13-8-11(20(4,16)17)5-6-12(13)14/h5-6,8-10,15H,7,14H2,1-4H3. The molecule has 1 aromatic carbocycles. The van der Waals surface area contributed by atoms with E-state index in [-0.39, 0.29) is 21.5 Å². The van der Waals surface area contributed by atoms with Crippen molar-refractivity contribution < 1.29 is 16.8 Å². The average Bonchev–Trinajstić information content (AvgIpc) is 2.25. The first-order valence-electron chi connectivity index (χ1n) is 6.55. The summed E-state index contributed by atoms with van der Waals surface area (Å²) in [6.07, 6.45) is 1.69. The van der Waals surface area contributed by atoms with E-state index in [1.165, 1.54) is 12.1 Å². The van der Waals surface area contributed by atoms with E-state index in [0.717, 1.165) is 12.3 Å². The number of rotatable bonds is 6. The van der Waals surface area contributed by atoms with Gasteiger partial charge in [-0.1, -0.05) is 13.8 Å². The summed E-state index contributed by atoms with van der Waals surface area (Å²) in [4.78, 5) is -0.283. The van der Waals surface area contributed by atoms with E-state index in [9.17, 15) is 16.8 Å². The van der Waals surface area contributed by atoms with E-state index in [2.05, 4.69) is 4.72 Å². The zero-order valence-corrected chi connectivity index (χ0v) is 14.3. The van der Waals surface area contributed by atoms with Crippen LogP contribution in [0.4, 0.5) is 5.69 Å². The maximum Gasteiger partial charge on any atom is 0.242 e. The molecule has 21 heavy (non-hydrogen) atoms. The number of sulfonamides is 1. The predicted octanol–water partition coefficient (Wildman–Crippen LogP) is 1.39. The summed E-state index contributed by atoms with van der Waals surface area (Å²) < 4.78 is 50.3.